The Morgan fingerprint density at radius 3 is 2.63 bits per heavy atom. The first-order valence-corrected chi connectivity index (χ1v) is 6.40. The van der Waals surface area contributed by atoms with Crippen LogP contribution in [0, 0.1) is 0 Å². The lowest BCUT2D eigenvalue weighted by Gasteiger charge is -2.13. The molecule has 0 unspecified atom stereocenters. The zero-order valence-corrected chi connectivity index (χ0v) is 10.9. The molecule has 0 saturated heterocycles. The number of carbonyl (C=O) groups excluding carboxylic acids is 1. The maximum absolute atomic E-state index is 11.8. The van der Waals surface area contributed by atoms with E-state index in [1.54, 1.807) is 6.20 Å². The van der Waals surface area contributed by atoms with Crippen LogP contribution >= 0.6 is 0 Å². The highest BCUT2D eigenvalue weighted by molar-refractivity contribution is 5.86. The van der Waals surface area contributed by atoms with E-state index in [1.807, 2.05) is 29.1 Å². The van der Waals surface area contributed by atoms with Gasteiger partial charge in [-0.15, -0.1) is 0 Å². The van der Waals surface area contributed by atoms with Gasteiger partial charge in [-0.05, 0) is 30.0 Å². The van der Waals surface area contributed by atoms with Gasteiger partial charge in [0.2, 0.25) is 0 Å². The van der Waals surface area contributed by atoms with E-state index in [4.69, 9.17) is 4.74 Å². The van der Waals surface area contributed by atoms with Crippen LogP contribution in [0.4, 0.5) is 0 Å². The Kier molecular flexibility index (Phi) is 2.85. The summed E-state index contributed by atoms with van der Waals surface area (Å²) >= 11 is 0. The zero-order chi connectivity index (χ0) is 13.3. The Bertz CT molecular complexity index is 569. The van der Waals surface area contributed by atoms with E-state index >= 15 is 0 Å². The van der Waals surface area contributed by atoms with Gasteiger partial charge in [0.1, 0.15) is 0 Å². The summed E-state index contributed by atoms with van der Waals surface area (Å²) in [5.41, 5.74) is 1.86. The van der Waals surface area contributed by atoms with Crippen molar-refractivity contribution in [2.45, 2.75) is 24.8 Å². The van der Waals surface area contributed by atoms with Crippen molar-refractivity contribution in [3.63, 3.8) is 0 Å². The molecule has 0 aliphatic heterocycles. The van der Waals surface area contributed by atoms with Gasteiger partial charge in [-0.25, -0.2) is 0 Å². The van der Waals surface area contributed by atoms with Gasteiger partial charge < -0.3 is 4.74 Å². The molecule has 1 fully saturated rings. The zero-order valence-electron chi connectivity index (χ0n) is 10.9. The molecule has 0 amide bonds. The average molecular weight is 256 g/mol. The molecule has 1 aromatic carbocycles. The van der Waals surface area contributed by atoms with Gasteiger partial charge in [-0.2, -0.15) is 5.10 Å². The van der Waals surface area contributed by atoms with Gasteiger partial charge >= 0.3 is 5.97 Å². The number of rotatable bonds is 4. The molecule has 98 valence electrons. The van der Waals surface area contributed by atoms with Crippen molar-refractivity contribution in [1.82, 2.24) is 9.78 Å². The maximum atomic E-state index is 11.8. The predicted octanol–water partition coefficient (Wildman–Crippen LogP) is 2.14. The molecule has 1 heterocycles. The first-order valence-electron chi connectivity index (χ1n) is 6.40. The molecule has 2 aromatic rings. The van der Waals surface area contributed by atoms with E-state index in [9.17, 15) is 4.79 Å². The van der Waals surface area contributed by atoms with Crippen molar-refractivity contribution in [2.24, 2.45) is 0 Å². The predicted molar refractivity (Wildman–Crippen MR) is 70.7 cm³/mol. The number of esters is 1. The monoisotopic (exact) mass is 256 g/mol. The first kappa shape index (κ1) is 12.0. The summed E-state index contributed by atoms with van der Waals surface area (Å²) in [6, 6.07) is 10.1. The van der Waals surface area contributed by atoms with Crippen LogP contribution in [-0.4, -0.2) is 22.9 Å². The van der Waals surface area contributed by atoms with Crippen LogP contribution in [0.2, 0.25) is 0 Å². The van der Waals surface area contributed by atoms with Crippen LogP contribution in [0.25, 0.3) is 0 Å². The second-order valence-electron chi connectivity index (χ2n) is 4.97. The molecule has 0 radical (unpaired) electrons. The summed E-state index contributed by atoms with van der Waals surface area (Å²) in [4.78, 5) is 11.8. The second kappa shape index (κ2) is 4.53. The molecule has 1 aliphatic carbocycles. The van der Waals surface area contributed by atoms with E-state index in [1.165, 1.54) is 12.7 Å². The number of carbonyl (C=O) groups is 1. The second-order valence-corrected chi connectivity index (χ2v) is 4.97. The Balaban J connectivity index is 1.78. The minimum Gasteiger partial charge on any atom is -0.468 e. The van der Waals surface area contributed by atoms with E-state index in [-0.39, 0.29) is 11.4 Å². The molecule has 0 N–H and O–H groups in total. The number of benzene rings is 1. The van der Waals surface area contributed by atoms with Crippen LogP contribution in [0.15, 0.2) is 42.7 Å². The summed E-state index contributed by atoms with van der Waals surface area (Å²) in [7, 11) is 1.45. The third-order valence-corrected chi connectivity index (χ3v) is 3.74. The molecule has 19 heavy (non-hydrogen) atoms. The number of hydrogen-bond donors (Lipinski definition) is 0. The summed E-state index contributed by atoms with van der Waals surface area (Å²) in [5, 5.41) is 4.18. The number of aromatic nitrogens is 2. The Morgan fingerprint density at radius 1 is 1.37 bits per heavy atom. The number of methoxy groups -OCH3 is 1. The number of hydrogen-bond acceptors (Lipinski definition) is 3. The molecule has 1 saturated carbocycles. The molecule has 4 heteroatoms. The SMILES string of the molecule is COC(=O)C1(c2ccc(Cn3cccn3)cc2)CC1. The van der Waals surface area contributed by atoms with Gasteiger partial charge in [0.15, 0.2) is 0 Å². The topological polar surface area (TPSA) is 44.1 Å². The van der Waals surface area contributed by atoms with Crippen LogP contribution < -0.4 is 0 Å². The van der Waals surface area contributed by atoms with Crippen LogP contribution in [0.3, 0.4) is 0 Å². The lowest BCUT2D eigenvalue weighted by molar-refractivity contribution is -0.143. The van der Waals surface area contributed by atoms with Crippen LogP contribution in [0.1, 0.15) is 24.0 Å². The minimum atomic E-state index is -0.376. The summed E-state index contributed by atoms with van der Waals surface area (Å²) in [6.45, 7) is 0.749. The highest BCUT2D eigenvalue weighted by Gasteiger charge is 2.52. The van der Waals surface area contributed by atoms with Crippen molar-refractivity contribution in [1.29, 1.82) is 0 Å². The Hall–Kier alpha value is -2.10. The molecular weight excluding hydrogens is 240 g/mol. The fourth-order valence-corrected chi connectivity index (χ4v) is 2.44. The molecular formula is C15H16N2O2. The third kappa shape index (κ3) is 2.14. The van der Waals surface area contributed by atoms with E-state index in [0.717, 1.165) is 24.9 Å². The van der Waals surface area contributed by atoms with Crippen LogP contribution in [0.5, 0.6) is 0 Å². The first-order chi connectivity index (χ1) is 9.24. The van der Waals surface area contributed by atoms with Gasteiger partial charge in [0.25, 0.3) is 0 Å². The number of nitrogens with zero attached hydrogens (tertiary/aromatic N) is 2. The number of ether oxygens (including phenoxy) is 1. The smallest absolute Gasteiger partial charge is 0.316 e. The lowest BCUT2D eigenvalue weighted by atomic mass is 9.95. The van der Waals surface area contributed by atoms with Gasteiger partial charge in [-0.3, -0.25) is 9.48 Å². The van der Waals surface area contributed by atoms with Crippen LogP contribution in [-0.2, 0) is 21.5 Å². The normalized spacial score (nSPS) is 16.1. The molecule has 0 bridgehead atoms. The molecule has 3 rings (SSSR count). The Labute approximate surface area is 112 Å². The summed E-state index contributed by atoms with van der Waals surface area (Å²) in [6.07, 6.45) is 5.48. The van der Waals surface area contributed by atoms with E-state index < -0.39 is 0 Å². The quantitative estimate of drug-likeness (QED) is 0.787. The van der Waals surface area contributed by atoms with Crippen molar-refractivity contribution < 1.29 is 9.53 Å². The Morgan fingerprint density at radius 2 is 2.11 bits per heavy atom. The third-order valence-electron chi connectivity index (χ3n) is 3.74. The molecule has 4 nitrogen and oxygen atoms in total. The maximum Gasteiger partial charge on any atom is 0.316 e. The van der Waals surface area contributed by atoms with Crippen molar-refractivity contribution in [3.8, 4) is 0 Å². The summed E-state index contributed by atoms with van der Waals surface area (Å²) < 4.78 is 6.77. The largest absolute Gasteiger partial charge is 0.468 e. The van der Waals surface area contributed by atoms with E-state index in [2.05, 4.69) is 17.2 Å². The van der Waals surface area contributed by atoms with Crippen molar-refractivity contribution >= 4 is 5.97 Å². The van der Waals surface area contributed by atoms with Gasteiger partial charge in [0, 0.05) is 12.4 Å². The summed E-state index contributed by atoms with van der Waals surface area (Å²) in [5.74, 6) is -0.118. The molecule has 0 atom stereocenters. The highest BCUT2D eigenvalue weighted by Crippen LogP contribution is 2.49. The fourth-order valence-electron chi connectivity index (χ4n) is 2.44. The van der Waals surface area contributed by atoms with E-state index in [0.29, 0.717) is 0 Å². The fraction of sp³-hybridized carbons (Fsp3) is 0.333. The van der Waals surface area contributed by atoms with Gasteiger partial charge in [-0.1, -0.05) is 24.3 Å². The molecule has 1 aromatic heterocycles. The minimum absolute atomic E-state index is 0.118. The van der Waals surface area contributed by atoms with Crippen molar-refractivity contribution in [2.75, 3.05) is 7.11 Å². The average Bonchev–Trinajstić information content (AvgIpc) is 3.10. The molecule has 1 aliphatic rings. The highest BCUT2D eigenvalue weighted by atomic mass is 16.5. The lowest BCUT2D eigenvalue weighted by Crippen LogP contribution is -2.21. The standard InChI is InChI=1S/C15H16N2O2/c1-19-14(18)15(7-8-15)13-5-3-12(4-6-13)11-17-10-2-9-16-17/h2-6,9-10H,7-8,11H2,1H3. The van der Waals surface area contributed by atoms with Gasteiger partial charge in [0.05, 0.1) is 19.1 Å². The van der Waals surface area contributed by atoms with Crippen molar-refractivity contribution in [3.05, 3.63) is 53.9 Å². The molecule has 0 spiro atoms.